The lowest BCUT2D eigenvalue weighted by atomic mass is 10.0. The minimum Gasteiger partial charge on any atom is -0.455 e. The van der Waals surface area contributed by atoms with E-state index in [0.717, 1.165) is 43.6 Å². The first-order valence-corrected chi connectivity index (χ1v) is 11.9. The van der Waals surface area contributed by atoms with Gasteiger partial charge in [0.15, 0.2) is 0 Å². The normalized spacial score (nSPS) is 12.0. The highest BCUT2D eigenvalue weighted by Gasteiger charge is 2.13. The largest absolute Gasteiger partial charge is 0.455 e. The Bertz CT molecular complexity index is 2150. The van der Waals surface area contributed by atoms with Gasteiger partial charge in [0, 0.05) is 27.7 Å². The van der Waals surface area contributed by atoms with E-state index in [1.165, 1.54) is 32.3 Å². The molecule has 0 saturated carbocycles. The summed E-state index contributed by atoms with van der Waals surface area (Å²) in [6.45, 7) is 0. The summed E-state index contributed by atoms with van der Waals surface area (Å²) in [5.41, 5.74) is 2.72. The van der Waals surface area contributed by atoms with Gasteiger partial charge in [-0.25, -0.2) is 0 Å². The van der Waals surface area contributed by atoms with Crippen LogP contribution in [-0.2, 0) is 0 Å². The Labute approximate surface area is 200 Å². The van der Waals surface area contributed by atoms with E-state index < -0.39 is 0 Å². The smallest absolute Gasteiger partial charge is 0.144 e. The first kappa shape index (κ1) is 18.7. The molecule has 0 saturated heterocycles. The lowest BCUT2D eigenvalue weighted by molar-refractivity contribution is 0.676. The summed E-state index contributed by atoms with van der Waals surface area (Å²) in [5, 5.41) is 12.7. The van der Waals surface area contributed by atoms with Gasteiger partial charge >= 0.3 is 0 Å². The molecule has 10 bridgehead atoms. The van der Waals surface area contributed by atoms with Gasteiger partial charge in [-0.1, -0.05) is 66.7 Å². The molecule has 8 aromatic rings. The van der Waals surface area contributed by atoms with Crippen LogP contribution in [0.25, 0.3) is 75.9 Å². The van der Waals surface area contributed by atoms with Gasteiger partial charge in [-0.15, -0.1) is 0 Å². The number of benzene rings is 5. The number of hydrogen-bond donors (Lipinski definition) is 0. The van der Waals surface area contributed by atoms with Crippen molar-refractivity contribution in [1.82, 2.24) is 4.98 Å². The molecule has 2 nitrogen and oxygen atoms in total. The molecule has 3 aromatic heterocycles. The summed E-state index contributed by atoms with van der Waals surface area (Å²) in [7, 11) is 0. The van der Waals surface area contributed by atoms with Gasteiger partial charge in [-0.3, -0.25) is 4.98 Å². The molecule has 3 heterocycles. The Kier molecular flexibility index (Phi) is 3.69. The van der Waals surface area contributed by atoms with Crippen LogP contribution in [0.2, 0.25) is 0 Å². The molecule has 2 heteroatoms. The van der Waals surface area contributed by atoms with Crippen LogP contribution in [0.1, 0.15) is 0 Å². The van der Waals surface area contributed by atoms with Crippen molar-refractivity contribution in [3.63, 3.8) is 0 Å². The molecule has 0 spiro atoms. The summed E-state index contributed by atoms with van der Waals surface area (Å²) in [5.74, 6) is 0. The van der Waals surface area contributed by atoms with Gasteiger partial charge in [0.05, 0.1) is 5.52 Å². The third-order valence-corrected chi connectivity index (χ3v) is 7.24. The predicted octanol–water partition coefficient (Wildman–Crippen LogP) is 9.31. The molecule has 0 amide bonds. The summed E-state index contributed by atoms with van der Waals surface area (Å²) in [6, 6.07) is 39.2. The molecule has 5 aromatic carbocycles. The van der Waals surface area contributed by atoms with Crippen LogP contribution in [0.3, 0.4) is 0 Å². The van der Waals surface area contributed by atoms with Gasteiger partial charge in [0.2, 0.25) is 0 Å². The van der Waals surface area contributed by atoms with E-state index in [1.807, 2.05) is 6.20 Å². The molecule has 0 aliphatic heterocycles. The van der Waals surface area contributed by atoms with Crippen LogP contribution in [0, 0.1) is 0 Å². The van der Waals surface area contributed by atoms with Crippen molar-refractivity contribution in [1.29, 1.82) is 0 Å². The maximum Gasteiger partial charge on any atom is 0.144 e. The average Bonchev–Trinajstić information content (AvgIpc) is 3.32. The lowest BCUT2D eigenvalue weighted by Crippen LogP contribution is -1.78. The molecule has 0 fully saturated rings. The fourth-order valence-corrected chi connectivity index (χ4v) is 5.47. The quantitative estimate of drug-likeness (QED) is 0.232. The highest BCUT2D eigenvalue weighted by molar-refractivity contribution is 6.20. The molecule has 0 N–H and O–H groups in total. The Morgan fingerprint density at radius 2 is 0.943 bits per heavy atom. The molecule has 162 valence electrons. The maximum absolute atomic E-state index is 6.66. The second-order valence-corrected chi connectivity index (χ2v) is 9.25. The van der Waals surface area contributed by atoms with Crippen LogP contribution in [-0.4, -0.2) is 4.98 Å². The van der Waals surface area contributed by atoms with Crippen molar-refractivity contribution < 1.29 is 4.42 Å². The number of para-hydroxylation sites is 1. The van der Waals surface area contributed by atoms with Crippen molar-refractivity contribution >= 4 is 75.9 Å². The third-order valence-electron chi connectivity index (χ3n) is 7.24. The molecule has 35 heavy (non-hydrogen) atoms. The third kappa shape index (κ3) is 2.74. The second kappa shape index (κ2) is 6.91. The van der Waals surface area contributed by atoms with Crippen molar-refractivity contribution in [3.05, 3.63) is 115 Å². The molecular weight excluding hydrogens is 426 g/mol. The van der Waals surface area contributed by atoms with Crippen molar-refractivity contribution in [2.24, 2.45) is 0 Å². The molecule has 0 aliphatic carbocycles. The Balaban J connectivity index is 1.71. The van der Waals surface area contributed by atoms with E-state index in [9.17, 15) is 0 Å². The van der Waals surface area contributed by atoms with Crippen LogP contribution in [0.15, 0.2) is 120 Å². The summed E-state index contributed by atoms with van der Waals surface area (Å²) >= 11 is 0. The van der Waals surface area contributed by atoms with Gasteiger partial charge in [0.25, 0.3) is 0 Å². The van der Waals surface area contributed by atoms with E-state index in [1.54, 1.807) is 0 Å². The topological polar surface area (TPSA) is 26.0 Å². The minimum atomic E-state index is 0.882. The molecule has 0 atom stereocenters. The van der Waals surface area contributed by atoms with E-state index in [-0.39, 0.29) is 0 Å². The first-order valence-electron chi connectivity index (χ1n) is 11.9. The van der Waals surface area contributed by atoms with E-state index in [0.29, 0.717) is 0 Å². The van der Waals surface area contributed by atoms with Gasteiger partial charge in [-0.2, -0.15) is 0 Å². The SMILES string of the molecule is c1cc2cc(c1)c1ccnc(c1)c1cccc3c4ccc5ccc(cc5c4oc13)c1cccc2c1. The van der Waals surface area contributed by atoms with Crippen LogP contribution >= 0.6 is 0 Å². The number of nitrogens with zero attached hydrogens (tertiary/aromatic N) is 1. The maximum atomic E-state index is 6.66. The zero-order valence-corrected chi connectivity index (χ0v) is 18.8. The van der Waals surface area contributed by atoms with Crippen molar-refractivity contribution in [2.75, 3.05) is 0 Å². The monoisotopic (exact) mass is 445 g/mol. The van der Waals surface area contributed by atoms with E-state index >= 15 is 0 Å². The van der Waals surface area contributed by atoms with E-state index in [2.05, 4.69) is 109 Å². The predicted molar refractivity (Wildman–Crippen MR) is 148 cm³/mol. The van der Waals surface area contributed by atoms with Gasteiger partial charge < -0.3 is 4.42 Å². The van der Waals surface area contributed by atoms with Crippen LogP contribution in [0.4, 0.5) is 0 Å². The first-order chi connectivity index (χ1) is 17.3. The van der Waals surface area contributed by atoms with E-state index in [4.69, 9.17) is 9.40 Å². The number of hydrogen-bond acceptors (Lipinski definition) is 2. The minimum absolute atomic E-state index is 0.882. The van der Waals surface area contributed by atoms with Gasteiger partial charge in [0.1, 0.15) is 11.2 Å². The average molecular weight is 446 g/mol. The molecule has 0 radical (unpaired) electrons. The number of aromatic nitrogens is 1. The Morgan fingerprint density at radius 1 is 0.400 bits per heavy atom. The fourth-order valence-electron chi connectivity index (χ4n) is 5.47. The lowest BCUT2D eigenvalue weighted by Gasteiger charge is -2.02. The standard InChI is InChI=1S/C33H19NO/c1-4-21-16-23(6-1)25-11-10-20-12-13-28-27-8-3-9-29(32(27)35-33(28)30(20)18-25)31-19-26(14-15-34-31)24-7-2-5-22(21)17-24/h1-19H. The zero-order valence-electron chi connectivity index (χ0n) is 18.8. The molecule has 0 unspecified atom stereocenters. The highest BCUT2D eigenvalue weighted by atomic mass is 16.3. The summed E-state index contributed by atoms with van der Waals surface area (Å²) in [6.07, 6.45) is 1.89. The van der Waals surface area contributed by atoms with Crippen LogP contribution < -0.4 is 0 Å². The number of rotatable bonds is 0. The number of fused-ring (bicyclic) bond motifs is 12. The molecule has 0 aliphatic rings. The second-order valence-electron chi connectivity index (χ2n) is 9.25. The molecule has 8 rings (SSSR count). The summed E-state index contributed by atoms with van der Waals surface area (Å²) in [4.78, 5) is 4.75. The zero-order chi connectivity index (χ0) is 22.9. The van der Waals surface area contributed by atoms with Crippen molar-refractivity contribution in [3.8, 4) is 0 Å². The fraction of sp³-hybridized carbons (Fsp3) is 0. The highest BCUT2D eigenvalue weighted by Crippen LogP contribution is 2.37. The number of pyridine rings is 1. The van der Waals surface area contributed by atoms with Crippen LogP contribution in [0.5, 0.6) is 0 Å². The number of furan rings is 1. The molecular formula is C33H19NO. The Hall–Kier alpha value is -4.69. The van der Waals surface area contributed by atoms with Crippen molar-refractivity contribution in [2.45, 2.75) is 0 Å². The van der Waals surface area contributed by atoms with Gasteiger partial charge in [-0.05, 0) is 80.2 Å². The Morgan fingerprint density at radius 3 is 1.71 bits per heavy atom. The summed E-state index contributed by atoms with van der Waals surface area (Å²) < 4.78 is 6.66.